The smallest absolute Gasteiger partial charge is 0.244 e. The maximum Gasteiger partial charge on any atom is 0.244 e. The summed E-state index contributed by atoms with van der Waals surface area (Å²) in [6.45, 7) is 2.63. The average Bonchev–Trinajstić information content (AvgIpc) is 2.96. The third-order valence-corrected chi connectivity index (χ3v) is 5.00. The molecule has 1 spiro atoms. The van der Waals surface area contributed by atoms with Crippen LogP contribution in [-0.2, 0) is 14.3 Å². The summed E-state index contributed by atoms with van der Waals surface area (Å²) in [6.07, 6.45) is 2.83. The normalized spacial score (nSPS) is 23.2. The molecule has 116 valence electrons. The fraction of sp³-hybridized carbons (Fsp3) is 0.667. The van der Waals surface area contributed by atoms with Crippen LogP contribution >= 0.6 is 11.3 Å². The van der Waals surface area contributed by atoms with Crippen molar-refractivity contribution in [2.75, 3.05) is 33.5 Å². The number of carbonyl (C=O) groups is 1. The molecule has 1 unspecified atom stereocenters. The second-order valence-corrected chi connectivity index (χ2v) is 6.58. The lowest BCUT2D eigenvalue weighted by Gasteiger charge is -2.23. The van der Waals surface area contributed by atoms with E-state index in [4.69, 9.17) is 9.47 Å². The highest BCUT2D eigenvalue weighted by Gasteiger charge is 2.59. The number of ether oxygens (including phenoxy) is 2. The number of hydrogen-bond acceptors (Lipinski definition) is 5. The van der Waals surface area contributed by atoms with Crippen molar-refractivity contribution in [2.45, 2.75) is 31.0 Å². The lowest BCUT2D eigenvalue weighted by molar-refractivity contribution is -0.131. The minimum absolute atomic E-state index is 0.0407. The van der Waals surface area contributed by atoms with Crippen molar-refractivity contribution in [2.24, 2.45) is 0 Å². The van der Waals surface area contributed by atoms with E-state index in [1.54, 1.807) is 18.4 Å². The highest BCUT2D eigenvalue weighted by Crippen LogP contribution is 2.46. The second kappa shape index (κ2) is 6.44. The Kier molecular flexibility index (Phi) is 4.59. The van der Waals surface area contributed by atoms with Gasteiger partial charge in [-0.15, -0.1) is 11.3 Å². The molecule has 0 bridgehead atoms. The van der Waals surface area contributed by atoms with Gasteiger partial charge in [0, 0.05) is 25.1 Å². The first-order chi connectivity index (χ1) is 10.3. The molecule has 1 aromatic heterocycles. The van der Waals surface area contributed by atoms with E-state index in [1.165, 1.54) is 4.88 Å². The average molecular weight is 310 g/mol. The first-order valence-corrected chi connectivity index (χ1v) is 8.34. The first-order valence-electron chi connectivity index (χ1n) is 7.46. The van der Waals surface area contributed by atoms with E-state index in [2.05, 4.69) is 16.8 Å². The van der Waals surface area contributed by atoms with E-state index >= 15 is 0 Å². The number of rotatable bonds is 8. The van der Waals surface area contributed by atoms with Gasteiger partial charge in [-0.3, -0.25) is 10.1 Å². The minimum Gasteiger partial charge on any atom is -0.382 e. The molecule has 1 aliphatic heterocycles. The van der Waals surface area contributed by atoms with Crippen LogP contribution in [0.15, 0.2) is 17.5 Å². The molecular weight excluding hydrogens is 288 g/mol. The Bertz CT molecular complexity index is 473. The summed E-state index contributed by atoms with van der Waals surface area (Å²) in [5.74, 6) is 0.262. The summed E-state index contributed by atoms with van der Waals surface area (Å²) in [5, 5.41) is 5.59. The van der Waals surface area contributed by atoms with Crippen LogP contribution in [0, 0.1) is 0 Å². The van der Waals surface area contributed by atoms with Gasteiger partial charge in [-0.2, -0.15) is 0 Å². The second-order valence-electron chi connectivity index (χ2n) is 5.60. The Balaban J connectivity index is 1.55. The lowest BCUT2D eigenvalue weighted by atomic mass is 10.2. The molecule has 2 fully saturated rings. The van der Waals surface area contributed by atoms with Crippen molar-refractivity contribution in [3.63, 3.8) is 0 Å². The molecule has 1 aromatic rings. The summed E-state index contributed by atoms with van der Waals surface area (Å²) in [7, 11) is 1.67. The number of nitrogens with zero attached hydrogens (tertiary/aromatic N) is 1. The maximum absolute atomic E-state index is 12.6. The van der Waals surface area contributed by atoms with Crippen LogP contribution in [0.2, 0.25) is 0 Å². The first kappa shape index (κ1) is 15.0. The molecule has 0 radical (unpaired) electrons. The quantitative estimate of drug-likeness (QED) is 0.744. The third-order valence-electron chi connectivity index (χ3n) is 4.08. The SMILES string of the molecule is COCCOCCCN1C(=O)C2(CC2)NC1c1cccs1. The predicted octanol–water partition coefficient (Wildman–Crippen LogP) is 1.76. The van der Waals surface area contributed by atoms with E-state index < -0.39 is 0 Å². The van der Waals surface area contributed by atoms with Crippen molar-refractivity contribution in [1.82, 2.24) is 10.2 Å². The molecule has 5 nitrogen and oxygen atoms in total. The molecule has 2 heterocycles. The Labute approximate surface area is 129 Å². The Morgan fingerprint density at radius 3 is 2.95 bits per heavy atom. The van der Waals surface area contributed by atoms with E-state index in [0.29, 0.717) is 19.8 Å². The molecule has 2 aliphatic rings. The van der Waals surface area contributed by atoms with Gasteiger partial charge >= 0.3 is 0 Å². The van der Waals surface area contributed by atoms with E-state index in [0.717, 1.165) is 25.8 Å². The Morgan fingerprint density at radius 1 is 1.43 bits per heavy atom. The summed E-state index contributed by atoms with van der Waals surface area (Å²) in [4.78, 5) is 15.8. The lowest BCUT2D eigenvalue weighted by Crippen LogP contribution is -2.33. The van der Waals surface area contributed by atoms with Crippen molar-refractivity contribution in [1.29, 1.82) is 0 Å². The van der Waals surface area contributed by atoms with Crippen molar-refractivity contribution >= 4 is 17.2 Å². The Hall–Kier alpha value is -0.950. The van der Waals surface area contributed by atoms with Gasteiger partial charge in [0.2, 0.25) is 5.91 Å². The summed E-state index contributed by atoms with van der Waals surface area (Å²) < 4.78 is 10.4. The number of amides is 1. The minimum atomic E-state index is -0.258. The van der Waals surface area contributed by atoms with Gasteiger partial charge in [0.25, 0.3) is 0 Å². The largest absolute Gasteiger partial charge is 0.382 e. The molecule has 1 saturated carbocycles. The van der Waals surface area contributed by atoms with Gasteiger partial charge in [0.15, 0.2) is 0 Å². The van der Waals surface area contributed by atoms with Gasteiger partial charge in [-0.25, -0.2) is 0 Å². The van der Waals surface area contributed by atoms with Crippen LogP contribution in [0.5, 0.6) is 0 Å². The zero-order valence-corrected chi connectivity index (χ0v) is 13.2. The van der Waals surface area contributed by atoms with Crippen LogP contribution < -0.4 is 5.32 Å². The Morgan fingerprint density at radius 2 is 2.29 bits per heavy atom. The van der Waals surface area contributed by atoms with Crippen molar-refractivity contribution in [3.05, 3.63) is 22.4 Å². The zero-order valence-electron chi connectivity index (χ0n) is 12.3. The van der Waals surface area contributed by atoms with Crippen LogP contribution in [0.1, 0.15) is 30.3 Å². The molecular formula is C15H22N2O3S. The zero-order chi connectivity index (χ0) is 14.7. The molecule has 3 rings (SSSR count). The van der Waals surface area contributed by atoms with Gasteiger partial charge in [-0.1, -0.05) is 6.07 Å². The highest BCUT2D eigenvalue weighted by molar-refractivity contribution is 7.10. The molecule has 0 aromatic carbocycles. The molecule has 1 atom stereocenters. The summed E-state index contributed by atoms with van der Waals surface area (Å²) in [5.41, 5.74) is -0.258. The van der Waals surface area contributed by atoms with Crippen LogP contribution in [0.3, 0.4) is 0 Å². The van der Waals surface area contributed by atoms with Crippen molar-refractivity contribution in [3.8, 4) is 0 Å². The number of carbonyl (C=O) groups excluding carboxylic acids is 1. The number of nitrogens with one attached hydrogen (secondary N) is 1. The van der Waals surface area contributed by atoms with Crippen LogP contribution in [0.4, 0.5) is 0 Å². The van der Waals surface area contributed by atoms with Gasteiger partial charge in [0.05, 0.1) is 13.2 Å². The third kappa shape index (κ3) is 3.13. The van der Waals surface area contributed by atoms with Gasteiger partial charge in [-0.05, 0) is 30.7 Å². The molecule has 1 saturated heterocycles. The number of thiophene rings is 1. The number of hydrogen-bond donors (Lipinski definition) is 1. The van der Waals surface area contributed by atoms with E-state index in [9.17, 15) is 4.79 Å². The van der Waals surface area contributed by atoms with E-state index in [1.807, 2.05) is 11.0 Å². The monoisotopic (exact) mass is 310 g/mol. The fourth-order valence-electron chi connectivity index (χ4n) is 2.76. The molecule has 1 amide bonds. The topological polar surface area (TPSA) is 50.8 Å². The summed E-state index contributed by atoms with van der Waals surface area (Å²) in [6, 6.07) is 4.13. The molecule has 21 heavy (non-hydrogen) atoms. The standard InChI is InChI=1S/C15H22N2O3S/c1-19-9-10-20-8-3-7-17-13(12-4-2-11-21-12)16-15(5-6-15)14(17)18/h2,4,11,13,16H,3,5-10H2,1H3. The summed E-state index contributed by atoms with van der Waals surface area (Å²) >= 11 is 1.70. The van der Waals surface area contributed by atoms with Crippen molar-refractivity contribution < 1.29 is 14.3 Å². The van der Waals surface area contributed by atoms with Gasteiger partial charge < -0.3 is 14.4 Å². The molecule has 1 aliphatic carbocycles. The van der Waals surface area contributed by atoms with Crippen LogP contribution in [-0.4, -0.2) is 49.8 Å². The highest BCUT2D eigenvalue weighted by atomic mass is 32.1. The van der Waals surface area contributed by atoms with Gasteiger partial charge in [0.1, 0.15) is 11.7 Å². The predicted molar refractivity (Wildman–Crippen MR) is 81.2 cm³/mol. The fourth-order valence-corrected chi connectivity index (χ4v) is 3.55. The van der Waals surface area contributed by atoms with E-state index in [-0.39, 0.29) is 17.6 Å². The molecule has 1 N–H and O–H groups in total. The maximum atomic E-state index is 12.6. The molecule has 6 heteroatoms. The number of methoxy groups -OCH3 is 1. The van der Waals surface area contributed by atoms with Crippen LogP contribution in [0.25, 0.3) is 0 Å².